The molecule has 26 heavy (non-hydrogen) atoms. The van der Waals surface area contributed by atoms with E-state index in [1.54, 1.807) is 4.52 Å². The van der Waals surface area contributed by atoms with Crippen LogP contribution in [0.1, 0.15) is 27.7 Å². The minimum atomic E-state index is 0.0313. The van der Waals surface area contributed by atoms with E-state index in [2.05, 4.69) is 51.5 Å². The highest BCUT2D eigenvalue weighted by Crippen LogP contribution is 2.44. The van der Waals surface area contributed by atoms with E-state index in [1.165, 1.54) is 17.5 Å². The van der Waals surface area contributed by atoms with Crippen LogP contribution in [0, 0.1) is 18.8 Å². The Morgan fingerprint density at radius 2 is 2.04 bits per heavy atom. The van der Waals surface area contributed by atoms with Crippen molar-refractivity contribution in [2.45, 2.75) is 13.0 Å². The van der Waals surface area contributed by atoms with Gasteiger partial charge in [0.25, 0.3) is 5.91 Å². The van der Waals surface area contributed by atoms with Crippen molar-refractivity contribution >= 4 is 11.6 Å². The first-order valence-corrected chi connectivity index (χ1v) is 9.10. The molecule has 4 heterocycles. The molecule has 0 aliphatic carbocycles. The van der Waals surface area contributed by atoms with Crippen LogP contribution in [0.4, 0.5) is 0 Å². The number of hydrogen-bond acceptors (Lipinski definition) is 4. The number of nitrogens with zero attached hydrogens (tertiary/aromatic N) is 4. The Labute approximate surface area is 151 Å². The summed E-state index contributed by atoms with van der Waals surface area (Å²) in [4.78, 5) is 19.8. The molecule has 3 aromatic rings. The van der Waals surface area contributed by atoms with E-state index < -0.39 is 0 Å². The van der Waals surface area contributed by atoms with Crippen LogP contribution < -0.4 is 5.32 Å². The van der Waals surface area contributed by atoms with Crippen LogP contribution >= 0.6 is 0 Å². The van der Waals surface area contributed by atoms with Gasteiger partial charge in [0.1, 0.15) is 12.0 Å². The van der Waals surface area contributed by atoms with Crippen LogP contribution in [0.2, 0.25) is 0 Å². The Balaban J connectivity index is 1.59. The van der Waals surface area contributed by atoms with E-state index in [0.717, 1.165) is 19.6 Å². The normalized spacial score (nSPS) is 25.0. The van der Waals surface area contributed by atoms with Crippen LogP contribution in [0.5, 0.6) is 0 Å². The van der Waals surface area contributed by atoms with Gasteiger partial charge in [0.15, 0.2) is 5.65 Å². The highest BCUT2D eigenvalue weighted by molar-refractivity contribution is 5.93. The highest BCUT2D eigenvalue weighted by Gasteiger charge is 2.47. The van der Waals surface area contributed by atoms with Crippen LogP contribution in [0.25, 0.3) is 5.65 Å². The van der Waals surface area contributed by atoms with Crippen molar-refractivity contribution in [2.75, 3.05) is 19.6 Å². The molecular formula is C20H21N5O. The standard InChI is InChI=1S/C20H21N5O/c1-13-5-2-3-6-15(13)19-16-10-21-9-14(16)11-24(19)20(26)17-7-4-8-18-22-12-23-25(17)18/h2-8,12,14,16,19,21H,9-11H2,1H3/t14-,16-,19+/m0/s1. The second kappa shape index (κ2) is 5.92. The van der Waals surface area contributed by atoms with Crippen molar-refractivity contribution in [1.29, 1.82) is 0 Å². The minimum absolute atomic E-state index is 0.0313. The summed E-state index contributed by atoms with van der Waals surface area (Å²) in [6, 6.07) is 14.1. The predicted octanol–water partition coefficient (Wildman–Crippen LogP) is 2.07. The van der Waals surface area contributed by atoms with Gasteiger partial charge < -0.3 is 10.2 Å². The summed E-state index contributed by atoms with van der Waals surface area (Å²) in [7, 11) is 0. The van der Waals surface area contributed by atoms with Gasteiger partial charge in [-0.25, -0.2) is 9.50 Å². The molecular weight excluding hydrogens is 326 g/mol. The number of fused-ring (bicyclic) bond motifs is 2. The third-order valence-corrected chi connectivity index (χ3v) is 5.85. The lowest BCUT2D eigenvalue weighted by Gasteiger charge is -2.29. The molecule has 0 radical (unpaired) electrons. The number of carbonyl (C=O) groups excluding carboxylic acids is 1. The first-order valence-electron chi connectivity index (χ1n) is 9.10. The molecule has 0 spiro atoms. The predicted molar refractivity (Wildman–Crippen MR) is 97.8 cm³/mol. The fraction of sp³-hybridized carbons (Fsp3) is 0.350. The molecule has 1 N–H and O–H groups in total. The number of aryl methyl sites for hydroxylation is 1. The molecule has 2 saturated heterocycles. The molecule has 1 aromatic carbocycles. The van der Waals surface area contributed by atoms with Crippen LogP contribution in [-0.2, 0) is 0 Å². The van der Waals surface area contributed by atoms with Crippen molar-refractivity contribution in [3.63, 3.8) is 0 Å². The molecule has 2 aliphatic heterocycles. The van der Waals surface area contributed by atoms with Gasteiger partial charge in [-0.05, 0) is 36.1 Å². The molecule has 1 amide bonds. The number of nitrogens with one attached hydrogen (secondary N) is 1. The van der Waals surface area contributed by atoms with E-state index in [1.807, 2.05) is 18.2 Å². The molecule has 3 atom stereocenters. The van der Waals surface area contributed by atoms with Gasteiger partial charge in [0, 0.05) is 25.6 Å². The van der Waals surface area contributed by atoms with E-state index in [0.29, 0.717) is 23.2 Å². The third-order valence-electron chi connectivity index (χ3n) is 5.85. The second-order valence-corrected chi connectivity index (χ2v) is 7.28. The Bertz CT molecular complexity index is 981. The fourth-order valence-electron chi connectivity index (χ4n) is 4.60. The van der Waals surface area contributed by atoms with E-state index in [4.69, 9.17) is 0 Å². The van der Waals surface area contributed by atoms with Gasteiger partial charge in [-0.2, -0.15) is 5.10 Å². The number of rotatable bonds is 2. The van der Waals surface area contributed by atoms with Crippen LogP contribution in [0.3, 0.4) is 0 Å². The average molecular weight is 347 g/mol. The zero-order chi connectivity index (χ0) is 17.7. The van der Waals surface area contributed by atoms with Gasteiger partial charge in [0.2, 0.25) is 0 Å². The lowest BCUT2D eigenvalue weighted by molar-refractivity contribution is 0.0704. The lowest BCUT2D eigenvalue weighted by Crippen LogP contribution is -2.36. The number of likely N-dealkylation sites (tertiary alicyclic amines) is 1. The smallest absolute Gasteiger partial charge is 0.273 e. The summed E-state index contributed by atoms with van der Waals surface area (Å²) >= 11 is 0. The number of pyridine rings is 1. The molecule has 6 heteroatoms. The largest absolute Gasteiger partial charge is 0.330 e. The summed E-state index contributed by atoms with van der Waals surface area (Å²) in [5.41, 5.74) is 3.76. The number of aromatic nitrogens is 3. The van der Waals surface area contributed by atoms with Crippen molar-refractivity contribution in [1.82, 2.24) is 24.8 Å². The molecule has 0 bridgehead atoms. The maximum atomic E-state index is 13.5. The SMILES string of the molecule is Cc1ccccc1[C@@H]1[C@H]2CNC[C@H]2CN1C(=O)c1cccc2ncnn12. The topological polar surface area (TPSA) is 62.5 Å². The summed E-state index contributed by atoms with van der Waals surface area (Å²) in [6.07, 6.45) is 1.49. The quantitative estimate of drug-likeness (QED) is 0.771. The van der Waals surface area contributed by atoms with Crippen molar-refractivity contribution < 1.29 is 4.79 Å². The third kappa shape index (κ3) is 2.25. The highest BCUT2D eigenvalue weighted by atomic mass is 16.2. The number of benzene rings is 1. The van der Waals surface area contributed by atoms with Crippen molar-refractivity contribution in [3.8, 4) is 0 Å². The summed E-state index contributed by atoms with van der Waals surface area (Å²) in [5.74, 6) is 0.984. The average Bonchev–Trinajstić information content (AvgIpc) is 3.36. The lowest BCUT2D eigenvalue weighted by atomic mass is 9.87. The Morgan fingerprint density at radius 1 is 1.15 bits per heavy atom. The van der Waals surface area contributed by atoms with E-state index >= 15 is 0 Å². The minimum Gasteiger partial charge on any atom is -0.330 e. The van der Waals surface area contributed by atoms with E-state index in [9.17, 15) is 4.79 Å². The summed E-state index contributed by atoms with van der Waals surface area (Å²) < 4.78 is 1.64. The number of carbonyl (C=O) groups is 1. The molecule has 2 fully saturated rings. The van der Waals surface area contributed by atoms with Gasteiger partial charge in [-0.15, -0.1) is 0 Å². The van der Waals surface area contributed by atoms with Gasteiger partial charge in [-0.3, -0.25) is 4.79 Å². The molecule has 5 rings (SSSR count). The Hall–Kier alpha value is -2.73. The zero-order valence-corrected chi connectivity index (χ0v) is 14.7. The summed E-state index contributed by atoms with van der Waals surface area (Å²) in [6.45, 7) is 4.84. The monoisotopic (exact) mass is 347 g/mol. The molecule has 6 nitrogen and oxygen atoms in total. The van der Waals surface area contributed by atoms with Gasteiger partial charge in [0.05, 0.1) is 6.04 Å². The molecule has 0 saturated carbocycles. The Morgan fingerprint density at radius 3 is 2.92 bits per heavy atom. The van der Waals surface area contributed by atoms with Crippen molar-refractivity contribution in [3.05, 3.63) is 65.6 Å². The Kier molecular flexibility index (Phi) is 3.53. The van der Waals surface area contributed by atoms with E-state index in [-0.39, 0.29) is 11.9 Å². The van der Waals surface area contributed by atoms with Gasteiger partial charge >= 0.3 is 0 Å². The fourth-order valence-corrected chi connectivity index (χ4v) is 4.60. The molecule has 0 unspecified atom stereocenters. The second-order valence-electron chi connectivity index (χ2n) is 7.28. The summed E-state index contributed by atoms with van der Waals surface area (Å²) in [5, 5.41) is 7.75. The first kappa shape index (κ1) is 15.5. The maximum Gasteiger partial charge on any atom is 0.273 e. The number of hydrogen-bond donors (Lipinski definition) is 1. The van der Waals surface area contributed by atoms with Crippen LogP contribution in [0.15, 0.2) is 48.8 Å². The molecule has 2 aliphatic rings. The van der Waals surface area contributed by atoms with Crippen LogP contribution in [-0.4, -0.2) is 45.0 Å². The first-order chi connectivity index (χ1) is 12.7. The zero-order valence-electron chi connectivity index (χ0n) is 14.7. The number of amides is 1. The molecule has 132 valence electrons. The van der Waals surface area contributed by atoms with Crippen molar-refractivity contribution in [2.24, 2.45) is 11.8 Å². The molecule has 2 aromatic heterocycles. The maximum absolute atomic E-state index is 13.5. The van der Waals surface area contributed by atoms with Gasteiger partial charge in [-0.1, -0.05) is 30.3 Å².